The second-order valence-corrected chi connectivity index (χ2v) is 11.0. The Balaban J connectivity index is 0.000000299. The maximum absolute atomic E-state index is 11.3. The highest BCUT2D eigenvalue weighted by atomic mass is 79.9. The van der Waals surface area contributed by atoms with E-state index in [0.717, 1.165) is 48.0 Å². The number of hydrogen-bond acceptors (Lipinski definition) is 5. The molecule has 2 aromatic carbocycles. The zero-order valence-corrected chi connectivity index (χ0v) is 25.0. The Bertz CT molecular complexity index is 881. The number of carbonyl (C=O) groups excluding carboxylic acids is 1. The SMILES string of the molecule is CC[N+]1(C)CCCC(O)C1.CC[N+]1(C)CCCC(O)C1.O=C([O-])C(O)(c1ccccc1)c1ccccc1.[Br-]. The van der Waals surface area contributed by atoms with Crippen LogP contribution in [0, 0.1) is 0 Å². The summed E-state index contributed by atoms with van der Waals surface area (Å²) >= 11 is 0. The number of halogens is 1. The number of rotatable bonds is 5. The number of hydrogen-bond donors (Lipinski definition) is 3. The molecule has 214 valence electrons. The molecule has 0 saturated carbocycles. The Morgan fingerprint density at radius 3 is 1.39 bits per heavy atom. The first kappa shape index (κ1) is 34.2. The van der Waals surface area contributed by atoms with E-state index in [0.29, 0.717) is 0 Å². The number of likely N-dealkylation sites (N-methyl/N-ethyl adjacent to an activating group) is 2. The lowest BCUT2D eigenvalue weighted by atomic mass is 9.86. The second kappa shape index (κ2) is 15.7. The first-order valence-electron chi connectivity index (χ1n) is 13.6. The van der Waals surface area contributed by atoms with Gasteiger partial charge in [0.15, 0.2) is 5.60 Å². The number of quaternary nitrogens is 2. The fourth-order valence-electron chi connectivity index (χ4n) is 5.14. The van der Waals surface area contributed by atoms with Gasteiger partial charge in [-0.05, 0) is 50.7 Å². The molecule has 8 heteroatoms. The molecule has 2 aromatic rings. The van der Waals surface area contributed by atoms with Gasteiger partial charge in [-0.15, -0.1) is 0 Å². The molecule has 2 aliphatic heterocycles. The average molecular weight is 596 g/mol. The monoisotopic (exact) mass is 594 g/mol. The fraction of sp³-hybridized carbons (Fsp3) is 0.567. The summed E-state index contributed by atoms with van der Waals surface area (Å²) < 4.78 is 2.11. The maximum Gasteiger partial charge on any atom is 0.154 e. The molecule has 4 unspecified atom stereocenters. The van der Waals surface area contributed by atoms with Crippen LogP contribution in [0.15, 0.2) is 60.7 Å². The molecule has 2 aliphatic rings. The van der Waals surface area contributed by atoms with Crippen molar-refractivity contribution in [1.29, 1.82) is 0 Å². The molecule has 0 aliphatic carbocycles. The van der Waals surface area contributed by atoms with Gasteiger partial charge in [0.05, 0.1) is 46.2 Å². The van der Waals surface area contributed by atoms with Gasteiger partial charge in [-0.1, -0.05) is 60.7 Å². The lowest BCUT2D eigenvalue weighted by Crippen LogP contribution is -3.00. The van der Waals surface area contributed by atoms with Gasteiger partial charge in [-0.3, -0.25) is 0 Å². The van der Waals surface area contributed by atoms with Crippen LogP contribution in [0.1, 0.15) is 50.7 Å². The van der Waals surface area contributed by atoms with Crippen LogP contribution < -0.4 is 22.1 Å². The van der Waals surface area contributed by atoms with Crippen LogP contribution in [0.25, 0.3) is 0 Å². The van der Waals surface area contributed by atoms with Gasteiger partial charge in [0.1, 0.15) is 25.3 Å². The van der Waals surface area contributed by atoms with Crippen LogP contribution in [0.3, 0.4) is 0 Å². The number of aliphatic carboxylic acids is 1. The molecule has 0 bridgehead atoms. The Hall–Kier alpha value is -1.81. The lowest BCUT2D eigenvalue weighted by molar-refractivity contribution is -0.915. The molecular formula is C30H47BrN2O5. The van der Waals surface area contributed by atoms with Crippen LogP contribution in [0.4, 0.5) is 0 Å². The Kier molecular flexibility index (Phi) is 14.1. The van der Waals surface area contributed by atoms with Gasteiger partial charge in [-0.2, -0.15) is 0 Å². The summed E-state index contributed by atoms with van der Waals surface area (Å²) in [5, 5.41) is 40.4. The van der Waals surface area contributed by atoms with Crippen LogP contribution in [0.2, 0.25) is 0 Å². The van der Waals surface area contributed by atoms with Gasteiger partial charge in [0.2, 0.25) is 0 Å². The fourth-order valence-corrected chi connectivity index (χ4v) is 5.14. The number of carboxylic acid groups (broad SMARTS) is 1. The highest BCUT2D eigenvalue weighted by molar-refractivity contribution is 5.81. The molecule has 0 radical (unpaired) electrons. The van der Waals surface area contributed by atoms with E-state index >= 15 is 0 Å². The zero-order chi connectivity index (χ0) is 27.5. The molecule has 38 heavy (non-hydrogen) atoms. The van der Waals surface area contributed by atoms with Crippen LogP contribution in [-0.4, -0.2) is 95.8 Å². The molecule has 2 saturated heterocycles. The molecule has 4 rings (SSSR count). The molecule has 2 heterocycles. The van der Waals surface area contributed by atoms with Crippen molar-refractivity contribution in [3.8, 4) is 0 Å². The number of aliphatic hydroxyl groups is 3. The Labute approximate surface area is 239 Å². The summed E-state index contributed by atoms with van der Waals surface area (Å²) in [5.41, 5.74) is -1.54. The summed E-state index contributed by atoms with van der Waals surface area (Å²) in [5.74, 6) is -1.53. The van der Waals surface area contributed by atoms with Crippen molar-refractivity contribution in [2.75, 3.05) is 53.4 Å². The third kappa shape index (κ3) is 9.74. The zero-order valence-electron chi connectivity index (χ0n) is 23.4. The van der Waals surface area contributed by atoms with Gasteiger partial charge in [-0.25, -0.2) is 0 Å². The van der Waals surface area contributed by atoms with E-state index in [9.17, 15) is 25.2 Å². The molecule has 3 N–H and O–H groups in total. The number of carboxylic acids is 1. The van der Waals surface area contributed by atoms with E-state index in [2.05, 4.69) is 27.9 Å². The number of piperidine rings is 2. The minimum Gasteiger partial charge on any atom is -1.00 e. The lowest BCUT2D eigenvalue weighted by Gasteiger charge is -2.38. The first-order valence-corrected chi connectivity index (χ1v) is 13.6. The number of carbonyl (C=O) groups is 1. The van der Waals surface area contributed by atoms with Gasteiger partial charge in [0.25, 0.3) is 0 Å². The Morgan fingerprint density at radius 2 is 1.16 bits per heavy atom. The summed E-state index contributed by atoms with van der Waals surface area (Å²) in [7, 11) is 4.45. The predicted octanol–water partition coefficient (Wildman–Crippen LogP) is -1.11. The molecule has 2 fully saturated rings. The van der Waals surface area contributed by atoms with E-state index in [4.69, 9.17) is 0 Å². The molecule has 4 atom stereocenters. The van der Waals surface area contributed by atoms with E-state index in [1.807, 2.05) is 0 Å². The van der Waals surface area contributed by atoms with Gasteiger partial charge in [0, 0.05) is 0 Å². The third-order valence-electron chi connectivity index (χ3n) is 7.98. The molecule has 0 spiro atoms. The van der Waals surface area contributed by atoms with Crippen molar-refractivity contribution < 1.29 is 51.2 Å². The molecular weight excluding hydrogens is 548 g/mol. The van der Waals surface area contributed by atoms with Crippen LogP contribution >= 0.6 is 0 Å². The quantitative estimate of drug-likeness (QED) is 0.381. The smallest absolute Gasteiger partial charge is 0.154 e. The van der Waals surface area contributed by atoms with E-state index in [-0.39, 0.29) is 40.3 Å². The number of benzene rings is 2. The highest BCUT2D eigenvalue weighted by Crippen LogP contribution is 2.28. The van der Waals surface area contributed by atoms with E-state index in [1.54, 1.807) is 60.7 Å². The summed E-state index contributed by atoms with van der Waals surface area (Å²) in [6.07, 6.45) is 4.30. The van der Waals surface area contributed by atoms with Crippen molar-refractivity contribution in [3.63, 3.8) is 0 Å². The van der Waals surface area contributed by atoms with Crippen molar-refractivity contribution in [3.05, 3.63) is 71.8 Å². The average Bonchev–Trinajstić information content (AvgIpc) is 2.89. The van der Waals surface area contributed by atoms with E-state index < -0.39 is 11.6 Å². The van der Waals surface area contributed by atoms with Gasteiger partial charge < -0.3 is 51.2 Å². The Morgan fingerprint density at radius 1 is 0.816 bits per heavy atom. The normalized spacial score (nSPS) is 26.9. The maximum atomic E-state index is 11.3. The molecule has 0 amide bonds. The predicted molar refractivity (Wildman–Crippen MR) is 144 cm³/mol. The second-order valence-electron chi connectivity index (χ2n) is 11.0. The minimum atomic E-state index is -2.11. The summed E-state index contributed by atoms with van der Waals surface area (Å²) in [4.78, 5) is 11.3. The van der Waals surface area contributed by atoms with Crippen LogP contribution in [-0.2, 0) is 10.4 Å². The van der Waals surface area contributed by atoms with Crippen LogP contribution in [0.5, 0.6) is 0 Å². The number of nitrogens with zero attached hydrogens (tertiary/aromatic N) is 2. The standard InChI is InChI=1S/C14H12O3.2C8H18NO.BrH/c15-13(16)14(17,11-7-3-1-4-8-11)12-9-5-2-6-10-12;2*1-3-9(2)6-4-5-8(10)7-9;/h1-10,17H,(H,15,16);2*8,10H,3-7H2,1-2H3;1H/q;2*+1;/p-2. The molecule has 0 aromatic heterocycles. The first-order chi connectivity index (χ1) is 17.5. The summed E-state index contributed by atoms with van der Waals surface area (Å²) in [6.45, 7) is 11.1. The molecule has 7 nitrogen and oxygen atoms in total. The topological polar surface area (TPSA) is 101 Å². The van der Waals surface area contributed by atoms with Crippen molar-refractivity contribution in [2.45, 2.75) is 57.3 Å². The third-order valence-corrected chi connectivity index (χ3v) is 7.98. The highest BCUT2D eigenvalue weighted by Gasteiger charge is 2.33. The largest absolute Gasteiger partial charge is 1.00 e. The number of likely N-dealkylation sites (tertiary alicyclic amines) is 2. The number of aliphatic hydroxyl groups excluding tert-OH is 2. The van der Waals surface area contributed by atoms with Crippen molar-refractivity contribution in [1.82, 2.24) is 0 Å². The minimum absolute atomic E-state index is 0. The van der Waals surface area contributed by atoms with E-state index in [1.165, 1.54) is 25.9 Å². The van der Waals surface area contributed by atoms with Gasteiger partial charge >= 0.3 is 0 Å². The van der Waals surface area contributed by atoms with Crippen molar-refractivity contribution >= 4 is 5.97 Å². The summed E-state index contributed by atoms with van der Waals surface area (Å²) in [6, 6.07) is 16.4. The van der Waals surface area contributed by atoms with Crippen molar-refractivity contribution in [2.24, 2.45) is 0 Å².